The Bertz CT molecular complexity index is 961. The molecule has 0 spiro atoms. The van der Waals surface area contributed by atoms with Gasteiger partial charge < -0.3 is 5.32 Å². The van der Waals surface area contributed by atoms with Crippen molar-refractivity contribution in [2.45, 2.75) is 18.7 Å². The lowest BCUT2D eigenvalue weighted by atomic mass is 10.2. The number of nitrogens with zero attached hydrogens (tertiary/aromatic N) is 2. The van der Waals surface area contributed by atoms with E-state index in [9.17, 15) is 23.3 Å². The Morgan fingerprint density at radius 1 is 1.22 bits per heavy atom. The molecule has 1 amide bonds. The number of hydrogen-bond acceptors (Lipinski definition) is 5. The summed E-state index contributed by atoms with van der Waals surface area (Å²) in [7, 11) is -3.88. The molecule has 0 aliphatic heterocycles. The van der Waals surface area contributed by atoms with Crippen molar-refractivity contribution >= 4 is 38.9 Å². The minimum absolute atomic E-state index is 0.0214. The molecular weight excluding hydrogens is 394 g/mol. The summed E-state index contributed by atoms with van der Waals surface area (Å²) in [5.74, 6) is -0.599. The van der Waals surface area contributed by atoms with Crippen LogP contribution in [0.15, 0.2) is 47.4 Å². The number of carbonyl (C=O) groups is 1. The number of amides is 1. The van der Waals surface area contributed by atoms with Crippen LogP contribution in [-0.4, -0.2) is 36.6 Å². The van der Waals surface area contributed by atoms with Crippen molar-refractivity contribution < 1.29 is 18.1 Å². The number of anilines is 1. The van der Waals surface area contributed by atoms with Crippen LogP contribution in [0.1, 0.15) is 12.5 Å². The number of benzene rings is 2. The van der Waals surface area contributed by atoms with E-state index in [0.717, 1.165) is 4.31 Å². The van der Waals surface area contributed by atoms with E-state index in [-0.39, 0.29) is 22.8 Å². The number of rotatable bonds is 7. The standard InChI is InChI=1S/C17H18ClN3O5S/c1-3-20(27(25,26)15-8-5-13(18)6-9-15)11-17(22)19-16-10-14(21(23)24)7-4-12(16)2/h4-10H,3,11H2,1-2H3,(H,19,22). The first-order valence-electron chi connectivity index (χ1n) is 7.95. The third-order valence-corrected chi connectivity index (χ3v) is 6.02. The maximum atomic E-state index is 12.7. The molecule has 0 fully saturated rings. The second kappa shape index (κ2) is 8.47. The summed E-state index contributed by atoms with van der Waals surface area (Å²) >= 11 is 5.78. The minimum Gasteiger partial charge on any atom is -0.324 e. The fourth-order valence-electron chi connectivity index (χ4n) is 2.33. The average molecular weight is 412 g/mol. The van der Waals surface area contributed by atoms with Crippen LogP contribution in [0, 0.1) is 17.0 Å². The number of nitro groups is 1. The molecule has 0 bridgehead atoms. The van der Waals surface area contributed by atoms with Crippen LogP contribution in [-0.2, 0) is 14.8 Å². The molecule has 0 aliphatic rings. The quantitative estimate of drug-likeness (QED) is 0.555. The van der Waals surface area contributed by atoms with Gasteiger partial charge in [-0.15, -0.1) is 0 Å². The average Bonchev–Trinajstić information content (AvgIpc) is 2.61. The van der Waals surface area contributed by atoms with E-state index in [1.807, 2.05) is 0 Å². The van der Waals surface area contributed by atoms with E-state index >= 15 is 0 Å². The molecule has 0 unspecified atom stereocenters. The highest BCUT2D eigenvalue weighted by Gasteiger charge is 2.25. The molecular formula is C17H18ClN3O5S. The molecule has 1 N–H and O–H groups in total. The smallest absolute Gasteiger partial charge is 0.271 e. The highest BCUT2D eigenvalue weighted by atomic mass is 35.5. The van der Waals surface area contributed by atoms with Gasteiger partial charge in [-0.25, -0.2) is 8.42 Å². The van der Waals surface area contributed by atoms with Gasteiger partial charge in [0.1, 0.15) is 0 Å². The lowest BCUT2D eigenvalue weighted by molar-refractivity contribution is -0.384. The van der Waals surface area contributed by atoms with Gasteiger partial charge >= 0.3 is 0 Å². The maximum Gasteiger partial charge on any atom is 0.271 e. The van der Waals surface area contributed by atoms with Gasteiger partial charge in [0.15, 0.2) is 0 Å². The minimum atomic E-state index is -3.88. The van der Waals surface area contributed by atoms with Crippen LogP contribution in [0.2, 0.25) is 5.02 Å². The lowest BCUT2D eigenvalue weighted by Crippen LogP contribution is -2.37. The van der Waals surface area contributed by atoms with Crippen LogP contribution in [0.5, 0.6) is 0 Å². The van der Waals surface area contributed by atoms with Crippen molar-refractivity contribution in [2.24, 2.45) is 0 Å². The van der Waals surface area contributed by atoms with Crippen LogP contribution in [0.3, 0.4) is 0 Å². The van der Waals surface area contributed by atoms with Crippen molar-refractivity contribution in [3.63, 3.8) is 0 Å². The fraction of sp³-hybridized carbons (Fsp3) is 0.235. The third kappa shape index (κ3) is 5.03. The highest BCUT2D eigenvalue weighted by Crippen LogP contribution is 2.22. The zero-order chi connectivity index (χ0) is 20.2. The number of non-ortho nitro benzene ring substituents is 1. The molecule has 0 atom stereocenters. The van der Waals surface area contributed by atoms with E-state index in [2.05, 4.69) is 5.32 Å². The van der Waals surface area contributed by atoms with Gasteiger partial charge in [0, 0.05) is 23.7 Å². The molecule has 8 nitrogen and oxygen atoms in total. The highest BCUT2D eigenvalue weighted by molar-refractivity contribution is 7.89. The molecule has 2 aromatic carbocycles. The Morgan fingerprint density at radius 3 is 2.41 bits per heavy atom. The largest absolute Gasteiger partial charge is 0.324 e. The van der Waals surface area contributed by atoms with Gasteiger partial charge in [-0.3, -0.25) is 14.9 Å². The zero-order valence-electron chi connectivity index (χ0n) is 14.7. The number of likely N-dealkylation sites (N-methyl/N-ethyl adjacent to an activating group) is 1. The van der Waals surface area contributed by atoms with Crippen molar-refractivity contribution in [3.05, 3.63) is 63.2 Å². The Labute approximate surface area is 162 Å². The van der Waals surface area contributed by atoms with Crippen molar-refractivity contribution in [1.82, 2.24) is 4.31 Å². The van der Waals surface area contributed by atoms with Crippen molar-refractivity contribution in [1.29, 1.82) is 0 Å². The number of hydrogen-bond donors (Lipinski definition) is 1. The normalized spacial score (nSPS) is 11.4. The van der Waals surface area contributed by atoms with E-state index in [0.29, 0.717) is 10.6 Å². The monoisotopic (exact) mass is 411 g/mol. The second-order valence-corrected chi connectivity index (χ2v) is 8.06. The maximum absolute atomic E-state index is 12.7. The summed E-state index contributed by atoms with van der Waals surface area (Å²) in [6, 6.07) is 9.71. The fourth-order valence-corrected chi connectivity index (χ4v) is 3.86. The van der Waals surface area contributed by atoms with E-state index < -0.39 is 27.4 Å². The molecule has 0 radical (unpaired) electrons. The molecule has 0 heterocycles. The Balaban J connectivity index is 2.19. The number of carbonyl (C=O) groups excluding carboxylic acids is 1. The number of nitro benzene ring substituents is 1. The molecule has 0 saturated heterocycles. The van der Waals surface area contributed by atoms with Gasteiger partial charge in [-0.05, 0) is 36.8 Å². The number of nitrogens with one attached hydrogen (secondary N) is 1. The molecule has 2 aromatic rings. The molecule has 2 rings (SSSR count). The topological polar surface area (TPSA) is 110 Å². The molecule has 0 aliphatic carbocycles. The van der Waals surface area contributed by atoms with E-state index in [1.54, 1.807) is 13.8 Å². The third-order valence-electron chi connectivity index (χ3n) is 3.83. The van der Waals surface area contributed by atoms with Crippen molar-refractivity contribution in [2.75, 3.05) is 18.4 Å². The van der Waals surface area contributed by atoms with E-state index in [1.165, 1.54) is 42.5 Å². The zero-order valence-corrected chi connectivity index (χ0v) is 16.2. The Hall–Kier alpha value is -2.49. The molecule has 0 saturated carbocycles. The summed E-state index contributed by atoms with van der Waals surface area (Å²) in [5, 5.41) is 13.8. The summed E-state index contributed by atoms with van der Waals surface area (Å²) in [6.07, 6.45) is 0. The summed E-state index contributed by atoms with van der Waals surface area (Å²) in [4.78, 5) is 22.7. The van der Waals surface area contributed by atoms with Gasteiger partial charge in [-0.1, -0.05) is 24.6 Å². The molecule has 144 valence electrons. The van der Waals surface area contributed by atoms with Crippen LogP contribution in [0.4, 0.5) is 11.4 Å². The first-order valence-corrected chi connectivity index (χ1v) is 9.77. The SMILES string of the molecule is CCN(CC(=O)Nc1cc([N+](=O)[O-])ccc1C)S(=O)(=O)c1ccc(Cl)cc1. The summed E-state index contributed by atoms with van der Waals surface area (Å²) < 4.78 is 26.4. The molecule has 10 heteroatoms. The van der Waals surface area contributed by atoms with Gasteiger partial charge in [-0.2, -0.15) is 4.31 Å². The predicted octanol–water partition coefficient (Wildman–Crippen LogP) is 3.21. The summed E-state index contributed by atoms with van der Waals surface area (Å²) in [6.45, 7) is 2.94. The Kier molecular flexibility index (Phi) is 6.53. The predicted molar refractivity (Wildman–Crippen MR) is 102 cm³/mol. The van der Waals surface area contributed by atoms with E-state index in [4.69, 9.17) is 11.6 Å². The number of aryl methyl sites for hydroxylation is 1. The first-order chi connectivity index (χ1) is 12.6. The summed E-state index contributed by atoms with van der Waals surface area (Å²) in [5.41, 5.74) is 0.712. The molecule has 0 aromatic heterocycles. The number of sulfonamides is 1. The van der Waals surface area contributed by atoms with Crippen LogP contribution >= 0.6 is 11.6 Å². The van der Waals surface area contributed by atoms with Crippen molar-refractivity contribution in [3.8, 4) is 0 Å². The van der Waals surface area contributed by atoms with Crippen LogP contribution in [0.25, 0.3) is 0 Å². The van der Waals surface area contributed by atoms with Gasteiger partial charge in [0.25, 0.3) is 5.69 Å². The lowest BCUT2D eigenvalue weighted by Gasteiger charge is -2.20. The second-order valence-electron chi connectivity index (χ2n) is 5.69. The van der Waals surface area contributed by atoms with Gasteiger partial charge in [0.05, 0.1) is 22.1 Å². The Morgan fingerprint density at radius 2 is 1.85 bits per heavy atom. The van der Waals surface area contributed by atoms with Crippen LogP contribution < -0.4 is 5.32 Å². The number of halogens is 1. The first kappa shape index (κ1) is 20.8. The molecule has 27 heavy (non-hydrogen) atoms. The van der Waals surface area contributed by atoms with Gasteiger partial charge in [0.2, 0.25) is 15.9 Å².